The van der Waals surface area contributed by atoms with Crippen LogP contribution < -0.4 is 4.74 Å². The van der Waals surface area contributed by atoms with E-state index in [1.807, 2.05) is 30.3 Å². The van der Waals surface area contributed by atoms with E-state index in [0.29, 0.717) is 45.6 Å². The number of amides is 1. The van der Waals surface area contributed by atoms with Crippen molar-refractivity contribution < 1.29 is 24.2 Å². The van der Waals surface area contributed by atoms with Crippen molar-refractivity contribution in [3.05, 3.63) is 30.3 Å². The van der Waals surface area contributed by atoms with Gasteiger partial charge in [-0.1, -0.05) is 18.2 Å². The normalized spacial score (nSPS) is 23.3. The lowest BCUT2D eigenvalue weighted by atomic mass is 10.0. The van der Waals surface area contributed by atoms with Gasteiger partial charge in [0.2, 0.25) is 5.91 Å². The Hall–Kier alpha value is -2.08. The average Bonchev–Trinajstić information content (AvgIpc) is 3.07. The number of carbonyl (C=O) groups is 2. The van der Waals surface area contributed by atoms with Crippen LogP contribution in [0.5, 0.6) is 5.75 Å². The van der Waals surface area contributed by atoms with Gasteiger partial charge in [-0.15, -0.1) is 0 Å². The summed E-state index contributed by atoms with van der Waals surface area (Å²) in [5, 5.41) is 9.02. The Kier molecular flexibility index (Phi) is 5.91. The highest BCUT2D eigenvalue weighted by Gasteiger charge is 2.39. The Balaban J connectivity index is 1.26. The molecule has 1 aromatic rings. The fourth-order valence-electron chi connectivity index (χ4n) is 3.43. The van der Waals surface area contributed by atoms with Crippen LogP contribution in [0.2, 0.25) is 0 Å². The summed E-state index contributed by atoms with van der Waals surface area (Å²) in [6.45, 7) is 2.46. The van der Waals surface area contributed by atoms with Crippen LogP contribution >= 0.6 is 0 Å². The molecule has 0 radical (unpaired) electrons. The number of aliphatic carboxylic acids is 1. The van der Waals surface area contributed by atoms with E-state index in [1.165, 1.54) is 0 Å². The van der Waals surface area contributed by atoms with Gasteiger partial charge in [0.25, 0.3) is 0 Å². The molecule has 6 nitrogen and oxygen atoms in total. The second kappa shape index (κ2) is 8.34. The van der Waals surface area contributed by atoms with Gasteiger partial charge in [0, 0.05) is 25.4 Å². The number of likely N-dealkylation sites (tertiary alicyclic amines) is 1. The molecule has 3 rings (SSSR count). The molecule has 1 aromatic carbocycles. The lowest BCUT2D eigenvalue weighted by molar-refractivity contribution is -0.149. The van der Waals surface area contributed by atoms with Crippen molar-refractivity contribution in [2.24, 2.45) is 11.8 Å². The van der Waals surface area contributed by atoms with E-state index in [9.17, 15) is 9.59 Å². The predicted octanol–water partition coefficient (Wildman–Crippen LogP) is 2.18. The van der Waals surface area contributed by atoms with Crippen molar-refractivity contribution >= 4 is 11.9 Å². The highest BCUT2D eigenvalue weighted by atomic mass is 16.5. The van der Waals surface area contributed by atoms with E-state index in [2.05, 4.69) is 0 Å². The molecule has 1 aliphatic heterocycles. The van der Waals surface area contributed by atoms with Crippen LogP contribution in [-0.4, -0.2) is 54.3 Å². The Morgan fingerprint density at radius 2 is 1.80 bits per heavy atom. The number of hydrogen-bond donors (Lipinski definition) is 1. The Morgan fingerprint density at radius 1 is 1.08 bits per heavy atom. The van der Waals surface area contributed by atoms with Crippen LogP contribution in [0.4, 0.5) is 0 Å². The zero-order valence-corrected chi connectivity index (χ0v) is 14.3. The van der Waals surface area contributed by atoms with Crippen molar-refractivity contribution in [2.75, 3.05) is 26.3 Å². The first-order valence-electron chi connectivity index (χ1n) is 8.94. The maximum absolute atomic E-state index is 12.3. The first kappa shape index (κ1) is 17.7. The zero-order valence-electron chi connectivity index (χ0n) is 14.3. The molecule has 1 amide bonds. The second-order valence-corrected chi connectivity index (χ2v) is 6.80. The van der Waals surface area contributed by atoms with Crippen molar-refractivity contribution in [1.82, 2.24) is 4.90 Å². The molecular weight excluding hydrogens is 322 g/mol. The highest BCUT2D eigenvalue weighted by Crippen LogP contribution is 2.33. The van der Waals surface area contributed by atoms with E-state index in [-0.39, 0.29) is 23.8 Å². The molecule has 0 unspecified atom stereocenters. The monoisotopic (exact) mass is 347 g/mol. The minimum Gasteiger partial charge on any atom is -0.494 e. The molecule has 1 heterocycles. The van der Waals surface area contributed by atoms with Gasteiger partial charge in [-0.3, -0.25) is 9.59 Å². The van der Waals surface area contributed by atoms with Crippen molar-refractivity contribution in [3.63, 3.8) is 0 Å². The predicted molar refractivity (Wildman–Crippen MR) is 91.3 cm³/mol. The van der Waals surface area contributed by atoms with E-state index in [1.54, 1.807) is 4.90 Å². The molecular formula is C19H25NO5. The highest BCUT2D eigenvalue weighted by molar-refractivity contribution is 5.81. The third-order valence-corrected chi connectivity index (χ3v) is 4.94. The summed E-state index contributed by atoms with van der Waals surface area (Å²) < 4.78 is 11.4. The Morgan fingerprint density at radius 3 is 2.48 bits per heavy atom. The van der Waals surface area contributed by atoms with E-state index in [0.717, 1.165) is 12.2 Å². The number of hydrogen-bond acceptors (Lipinski definition) is 4. The second-order valence-electron chi connectivity index (χ2n) is 6.80. The van der Waals surface area contributed by atoms with Crippen molar-refractivity contribution in [3.8, 4) is 5.75 Å². The lowest BCUT2D eigenvalue weighted by Gasteiger charge is -2.40. The number of benzene rings is 1. The minimum absolute atomic E-state index is 0.0935. The Labute approximate surface area is 147 Å². The number of carboxylic acids is 1. The summed E-state index contributed by atoms with van der Waals surface area (Å²) in [6.07, 6.45) is 2.68. The summed E-state index contributed by atoms with van der Waals surface area (Å²) in [6, 6.07) is 9.68. The van der Waals surface area contributed by atoms with Gasteiger partial charge in [0.15, 0.2) is 0 Å². The largest absolute Gasteiger partial charge is 0.494 e. The lowest BCUT2D eigenvalue weighted by Crippen LogP contribution is -2.56. The molecule has 1 saturated heterocycles. The smallest absolute Gasteiger partial charge is 0.306 e. The van der Waals surface area contributed by atoms with Crippen LogP contribution in [-0.2, 0) is 14.3 Å². The third-order valence-electron chi connectivity index (χ3n) is 4.94. The maximum atomic E-state index is 12.3. The molecule has 136 valence electrons. The molecule has 1 N–H and O–H groups in total. The van der Waals surface area contributed by atoms with Gasteiger partial charge >= 0.3 is 5.97 Å². The fourth-order valence-corrected chi connectivity index (χ4v) is 3.43. The summed E-state index contributed by atoms with van der Waals surface area (Å²) in [5.74, 6) is -0.304. The molecule has 25 heavy (non-hydrogen) atoms. The SMILES string of the molecule is O=C(O)[C@@H]1CC[C@H](C(=O)N2CC(OCCCOc3ccccc3)C2)C1. The van der Waals surface area contributed by atoms with Gasteiger partial charge in [0.1, 0.15) is 5.75 Å². The number of carbonyl (C=O) groups excluding carboxylic acids is 1. The number of para-hydroxylation sites is 1. The van der Waals surface area contributed by atoms with E-state index >= 15 is 0 Å². The quantitative estimate of drug-likeness (QED) is 0.730. The summed E-state index contributed by atoms with van der Waals surface area (Å²) in [7, 11) is 0. The zero-order chi connectivity index (χ0) is 17.6. The molecule has 0 spiro atoms. The van der Waals surface area contributed by atoms with Crippen LogP contribution in [0.3, 0.4) is 0 Å². The first-order chi connectivity index (χ1) is 12.1. The van der Waals surface area contributed by atoms with Gasteiger partial charge < -0.3 is 19.5 Å². The maximum Gasteiger partial charge on any atom is 0.306 e. The van der Waals surface area contributed by atoms with Crippen LogP contribution in [0.25, 0.3) is 0 Å². The van der Waals surface area contributed by atoms with Crippen LogP contribution in [0, 0.1) is 11.8 Å². The fraction of sp³-hybridized carbons (Fsp3) is 0.579. The molecule has 1 aliphatic carbocycles. The van der Waals surface area contributed by atoms with Gasteiger partial charge in [-0.05, 0) is 31.4 Å². The molecule has 2 aliphatic rings. The number of ether oxygens (including phenoxy) is 2. The number of carboxylic acid groups (broad SMARTS) is 1. The van der Waals surface area contributed by atoms with Crippen LogP contribution in [0.15, 0.2) is 30.3 Å². The molecule has 6 heteroatoms. The van der Waals surface area contributed by atoms with Gasteiger partial charge in [0.05, 0.1) is 25.2 Å². The minimum atomic E-state index is -0.780. The van der Waals surface area contributed by atoms with Crippen LogP contribution in [0.1, 0.15) is 25.7 Å². The molecule has 0 aromatic heterocycles. The molecule has 0 bridgehead atoms. The summed E-state index contributed by atoms with van der Waals surface area (Å²) >= 11 is 0. The number of rotatable bonds is 8. The van der Waals surface area contributed by atoms with Gasteiger partial charge in [-0.25, -0.2) is 0 Å². The van der Waals surface area contributed by atoms with E-state index < -0.39 is 5.97 Å². The third kappa shape index (κ3) is 4.72. The standard InChI is InChI=1S/C19H25NO5/c21-18(14-7-8-15(11-14)19(22)23)20-12-17(13-20)25-10-4-9-24-16-5-2-1-3-6-16/h1-3,5-6,14-15,17H,4,7-13H2,(H,22,23)/t14-,15+/m0/s1. The number of nitrogens with zero attached hydrogens (tertiary/aromatic N) is 1. The summed E-state index contributed by atoms with van der Waals surface area (Å²) in [5.41, 5.74) is 0. The molecule has 1 saturated carbocycles. The topological polar surface area (TPSA) is 76.1 Å². The average molecular weight is 347 g/mol. The van der Waals surface area contributed by atoms with E-state index in [4.69, 9.17) is 14.6 Å². The van der Waals surface area contributed by atoms with Crippen molar-refractivity contribution in [1.29, 1.82) is 0 Å². The first-order valence-corrected chi connectivity index (χ1v) is 8.94. The summed E-state index contributed by atoms with van der Waals surface area (Å²) in [4.78, 5) is 25.1. The molecule has 2 atom stereocenters. The van der Waals surface area contributed by atoms with Gasteiger partial charge in [-0.2, -0.15) is 0 Å². The molecule has 2 fully saturated rings. The van der Waals surface area contributed by atoms with Crippen molar-refractivity contribution in [2.45, 2.75) is 31.8 Å². The Bertz CT molecular complexity index is 585.